The van der Waals surface area contributed by atoms with Crippen LogP contribution in [0.5, 0.6) is 0 Å². The normalized spacial score (nSPS) is 22.1. The minimum Gasteiger partial charge on any atom is -0.354 e. The Kier molecular flexibility index (Phi) is 7.21. The molecule has 0 saturated carbocycles. The van der Waals surface area contributed by atoms with Gasteiger partial charge in [-0.3, -0.25) is 4.79 Å². The Hall–Kier alpha value is -0.610. The summed E-state index contributed by atoms with van der Waals surface area (Å²) in [6, 6.07) is 0.892. The SMILES string of the molecule is CCC(C)NC(=O)CCNCC1CCCCN1. The maximum absolute atomic E-state index is 11.5. The second kappa shape index (κ2) is 8.48. The van der Waals surface area contributed by atoms with Crippen LogP contribution in [0.3, 0.4) is 0 Å². The first-order chi connectivity index (χ1) is 8.22. The molecule has 1 amide bonds. The van der Waals surface area contributed by atoms with E-state index in [1.54, 1.807) is 0 Å². The van der Waals surface area contributed by atoms with Crippen LogP contribution in [0.1, 0.15) is 46.0 Å². The molecule has 4 nitrogen and oxygen atoms in total. The smallest absolute Gasteiger partial charge is 0.221 e. The molecule has 2 atom stereocenters. The summed E-state index contributed by atoms with van der Waals surface area (Å²) in [5, 5.41) is 9.81. The van der Waals surface area contributed by atoms with Gasteiger partial charge in [0.1, 0.15) is 0 Å². The molecule has 1 fully saturated rings. The molecule has 0 aromatic carbocycles. The molecule has 0 spiro atoms. The fraction of sp³-hybridized carbons (Fsp3) is 0.923. The van der Waals surface area contributed by atoms with Crippen LogP contribution in [-0.2, 0) is 4.79 Å². The van der Waals surface area contributed by atoms with Gasteiger partial charge in [0.25, 0.3) is 0 Å². The number of hydrogen-bond donors (Lipinski definition) is 3. The third-order valence-electron chi connectivity index (χ3n) is 3.35. The van der Waals surface area contributed by atoms with Crippen molar-refractivity contribution >= 4 is 5.91 Å². The standard InChI is InChI=1S/C13H27N3O/c1-3-11(2)16-13(17)7-9-14-10-12-6-4-5-8-15-12/h11-12,14-15H,3-10H2,1-2H3,(H,16,17). The number of carbonyl (C=O) groups excluding carboxylic acids is 1. The molecule has 3 N–H and O–H groups in total. The van der Waals surface area contributed by atoms with Crippen molar-refractivity contribution in [3.05, 3.63) is 0 Å². The molecule has 0 radical (unpaired) electrons. The highest BCUT2D eigenvalue weighted by molar-refractivity contribution is 5.76. The van der Waals surface area contributed by atoms with Crippen molar-refractivity contribution < 1.29 is 4.79 Å². The van der Waals surface area contributed by atoms with Crippen LogP contribution in [0.25, 0.3) is 0 Å². The Morgan fingerprint density at radius 2 is 2.29 bits per heavy atom. The lowest BCUT2D eigenvalue weighted by atomic mass is 10.1. The zero-order valence-electron chi connectivity index (χ0n) is 11.2. The van der Waals surface area contributed by atoms with Crippen molar-refractivity contribution in [3.8, 4) is 0 Å². The third-order valence-corrected chi connectivity index (χ3v) is 3.35. The van der Waals surface area contributed by atoms with Gasteiger partial charge in [-0.2, -0.15) is 0 Å². The largest absolute Gasteiger partial charge is 0.354 e. The molecule has 0 bridgehead atoms. The number of hydrogen-bond acceptors (Lipinski definition) is 3. The van der Waals surface area contributed by atoms with Gasteiger partial charge in [0.15, 0.2) is 0 Å². The molecule has 4 heteroatoms. The molecule has 100 valence electrons. The molecule has 1 aliphatic rings. The Balaban J connectivity index is 1.97. The van der Waals surface area contributed by atoms with E-state index < -0.39 is 0 Å². The molecule has 1 rings (SSSR count). The molecule has 0 aromatic heterocycles. The van der Waals surface area contributed by atoms with E-state index in [0.29, 0.717) is 18.5 Å². The van der Waals surface area contributed by atoms with Gasteiger partial charge in [-0.1, -0.05) is 13.3 Å². The predicted octanol–water partition coefficient (Wildman–Crippen LogP) is 1.02. The third kappa shape index (κ3) is 6.64. The fourth-order valence-electron chi connectivity index (χ4n) is 2.03. The van der Waals surface area contributed by atoms with Crippen LogP contribution >= 0.6 is 0 Å². The average Bonchev–Trinajstić information content (AvgIpc) is 2.36. The molecule has 17 heavy (non-hydrogen) atoms. The Bertz CT molecular complexity index is 215. The van der Waals surface area contributed by atoms with Crippen LogP contribution in [0.15, 0.2) is 0 Å². The zero-order valence-corrected chi connectivity index (χ0v) is 11.2. The molecule has 2 unspecified atom stereocenters. The maximum Gasteiger partial charge on any atom is 0.221 e. The lowest BCUT2D eigenvalue weighted by molar-refractivity contribution is -0.121. The average molecular weight is 241 g/mol. The topological polar surface area (TPSA) is 53.2 Å². The van der Waals surface area contributed by atoms with Crippen LogP contribution in [0, 0.1) is 0 Å². The van der Waals surface area contributed by atoms with E-state index in [1.165, 1.54) is 19.3 Å². The van der Waals surface area contributed by atoms with Gasteiger partial charge in [-0.15, -0.1) is 0 Å². The van der Waals surface area contributed by atoms with E-state index in [4.69, 9.17) is 0 Å². The first-order valence-electron chi connectivity index (χ1n) is 6.95. The first kappa shape index (κ1) is 14.5. The van der Waals surface area contributed by atoms with E-state index in [2.05, 4.69) is 22.9 Å². The lowest BCUT2D eigenvalue weighted by Crippen LogP contribution is -2.42. The van der Waals surface area contributed by atoms with Crippen LogP contribution < -0.4 is 16.0 Å². The maximum atomic E-state index is 11.5. The van der Waals surface area contributed by atoms with Crippen molar-refractivity contribution in [1.82, 2.24) is 16.0 Å². The number of rotatable bonds is 7. The second-order valence-electron chi connectivity index (χ2n) is 4.98. The minimum absolute atomic E-state index is 0.156. The highest BCUT2D eigenvalue weighted by Gasteiger charge is 2.11. The van der Waals surface area contributed by atoms with Crippen molar-refractivity contribution in [1.29, 1.82) is 0 Å². The molecule has 0 aromatic rings. The minimum atomic E-state index is 0.156. The summed E-state index contributed by atoms with van der Waals surface area (Å²) in [7, 11) is 0. The molecule has 1 heterocycles. The summed E-state index contributed by atoms with van der Waals surface area (Å²) in [6.07, 6.45) is 5.45. The zero-order chi connectivity index (χ0) is 12.5. The first-order valence-corrected chi connectivity index (χ1v) is 6.95. The summed E-state index contributed by atoms with van der Waals surface area (Å²) < 4.78 is 0. The van der Waals surface area contributed by atoms with Gasteiger partial charge in [-0.25, -0.2) is 0 Å². The van der Waals surface area contributed by atoms with Gasteiger partial charge in [0.2, 0.25) is 5.91 Å². The van der Waals surface area contributed by atoms with Crippen molar-refractivity contribution in [2.75, 3.05) is 19.6 Å². The lowest BCUT2D eigenvalue weighted by Gasteiger charge is -2.23. The van der Waals surface area contributed by atoms with E-state index in [1.807, 2.05) is 6.92 Å². The summed E-state index contributed by atoms with van der Waals surface area (Å²) in [5.41, 5.74) is 0. The number of nitrogens with one attached hydrogen (secondary N) is 3. The number of carbonyl (C=O) groups is 1. The van der Waals surface area contributed by atoms with E-state index >= 15 is 0 Å². The monoisotopic (exact) mass is 241 g/mol. The summed E-state index contributed by atoms with van der Waals surface area (Å²) >= 11 is 0. The van der Waals surface area contributed by atoms with Gasteiger partial charge in [-0.05, 0) is 32.7 Å². The Morgan fingerprint density at radius 3 is 2.94 bits per heavy atom. The van der Waals surface area contributed by atoms with Crippen molar-refractivity contribution in [3.63, 3.8) is 0 Å². The fourth-order valence-corrected chi connectivity index (χ4v) is 2.03. The molecular weight excluding hydrogens is 214 g/mol. The Morgan fingerprint density at radius 1 is 1.47 bits per heavy atom. The summed E-state index contributed by atoms with van der Waals surface area (Å²) in [6.45, 7) is 7.02. The van der Waals surface area contributed by atoms with Crippen molar-refractivity contribution in [2.24, 2.45) is 0 Å². The van der Waals surface area contributed by atoms with Gasteiger partial charge < -0.3 is 16.0 Å². The van der Waals surface area contributed by atoms with Gasteiger partial charge in [0.05, 0.1) is 0 Å². The quantitative estimate of drug-likeness (QED) is 0.583. The second-order valence-corrected chi connectivity index (χ2v) is 4.98. The highest BCUT2D eigenvalue weighted by atomic mass is 16.1. The van der Waals surface area contributed by atoms with Crippen LogP contribution in [0.4, 0.5) is 0 Å². The van der Waals surface area contributed by atoms with E-state index in [0.717, 1.165) is 26.1 Å². The van der Waals surface area contributed by atoms with E-state index in [9.17, 15) is 4.79 Å². The summed E-state index contributed by atoms with van der Waals surface area (Å²) in [4.78, 5) is 11.5. The molecule has 1 saturated heterocycles. The van der Waals surface area contributed by atoms with Gasteiger partial charge in [0, 0.05) is 31.6 Å². The van der Waals surface area contributed by atoms with Crippen LogP contribution in [0.2, 0.25) is 0 Å². The molecule has 1 aliphatic heterocycles. The number of amides is 1. The molecule has 0 aliphatic carbocycles. The molecular formula is C13H27N3O. The highest BCUT2D eigenvalue weighted by Crippen LogP contribution is 2.05. The van der Waals surface area contributed by atoms with E-state index in [-0.39, 0.29) is 5.91 Å². The van der Waals surface area contributed by atoms with Gasteiger partial charge >= 0.3 is 0 Å². The Labute approximate surface area is 105 Å². The summed E-state index contributed by atoms with van der Waals surface area (Å²) in [5.74, 6) is 0.156. The van der Waals surface area contributed by atoms with Crippen molar-refractivity contribution in [2.45, 2.75) is 58.0 Å². The predicted molar refractivity (Wildman–Crippen MR) is 71.0 cm³/mol. The number of piperidine rings is 1. The van der Waals surface area contributed by atoms with Crippen LogP contribution in [-0.4, -0.2) is 37.6 Å².